The second kappa shape index (κ2) is 8.64. The van der Waals surface area contributed by atoms with Gasteiger partial charge in [-0.15, -0.1) is 0 Å². The van der Waals surface area contributed by atoms with Crippen LogP contribution in [-0.2, 0) is 17.8 Å². The molecule has 4 rings (SSSR count). The van der Waals surface area contributed by atoms with E-state index in [-0.39, 0.29) is 24.2 Å². The number of carbonyl (C=O) groups excluding carboxylic acids is 2. The lowest BCUT2D eigenvalue weighted by atomic mass is 9.97. The number of hydrogen-bond acceptors (Lipinski definition) is 3. The minimum absolute atomic E-state index is 0.00220. The van der Waals surface area contributed by atoms with Crippen LogP contribution >= 0.6 is 0 Å². The second-order valence-corrected chi connectivity index (χ2v) is 7.62. The molecule has 2 amide bonds. The van der Waals surface area contributed by atoms with Crippen molar-refractivity contribution in [1.29, 1.82) is 0 Å². The molecule has 0 aliphatic carbocycles. The molecule has 0 bridgehead atoms. The zero-order valence-corrected chi connectivity index (χ0v) is 16.4. The molecule has 2 aliphatic heterocycles. The van der Waals surface area contributed by atoms with Gasteiger partial charge in [0.25, 0.3) is 11.8 Å². The molecule has 2 aromatic rings. The summed E-state index contributed by atoms with van der Waals surface area (Å²) in [5.74, 6) is 0.262. The van der Waals surface area contributed by atoms with Gasteiger partial charge in [-0.2, -0.15) is 0 Å². The van der Waals surface area contributed by atoms with Gasteiger partial charge in [0, 0.05) is 37.3 Å². The van der Waals surface area contributed by atoms with E-state index in [0.717, 1.165) is 37.1 Å². The zero-order valence-electron chi connectivity index (χ0n) is 16.4. The average Bonchev–Trinajstić information content (AvgIpc) is 2.76. The number of carbonyl (C=O) groups is 2. The maximum Gasteiger partial charge on any atom is 0.260 e. The Morgan fingerprint density at radius 3 is 2.52 bits per heavy atom. The first-order valence-electron chi connectivity index (χ1n) is 10.2. The summed E-state index contributed by atoms with van der Waals surface area (Å²) < 4.78 is 18.9. The van der Waals surface area contributed by atoms with Crippen LogP contribution in [-0.4, -0.2) is 47.9 Å². The lowest BCUT2D eigenvalue weighted by molar-refractivity contribution is -0.134. The number of rotatable bonds is 5. The van der Waals surface area contributed by atoms with E-state index >= 15 is 0 Å². The maximum absolute atomic E-state index is 13.1. The summed E-state index contributed by atoms with van der Waals surface area (Å²) in [6, 6.07) is 11.6. The fraction of sp³-hybridized carbons (Fsp3) is 0.391. The van der Waals surface area contributed by atoms with Crippen LogP contribution in [0.1, 0.15) is 40.7 Å². The number of benzene rings is 2. The van der Waals surface area contributed by atoms with Crippen molar-refractivity contribution in [2.75, 3.05) is 26.2 Å². The highest BCUT2D eigenvalue weighted by atomic mass is 19.1. The molecule has 0 saturated carbocycles. The third-order valence-electron chi connectivity index (χ3n) is 5.63. The molecule has 6 heteroatoms. The summed E-state index contributed by atoms with van der Waals surface area (Å²) in [7, 11) is 0. The summed E-state index contributed by atoms with van der Waals surface area (Å²) in [5.41, 5.74) is 2.36. The van der Waals surface area contributed by atoms with Gasteiger partial charge in [0.15, 0.2) is 6.61 Å². The van der Waals surface area contributed by atoms with Gasteiger partial charge in [0.05, 0.1) is 0 Å². The van der Waals surface area contributed by atoms with Crippen molar-refractivity contribution < 1.29 is 18.7 Å². The Kier molecular flexibility index (Phi) is 5.79. The third kappa shape index (κ3) is 4.42. The molecule has 152 valence electrons. The van der Waals surface area contributed by atoms with E-state index in [2.05, 4.69) is 0 Å². The lowest BCUT2D eigenvalue weighted by Gasteiger charge is -2.30. The molecule has 2 heterocycles. The molecule has 0 spiro atoms. The van der Waals surface area contributed by atoms with Crippen LogP contribution in [0.4, 0.5) is 4.39 Å². The first-order chi connectivity index (χ1) is 14.1. The van der Waals surface area contributed by atoms with Crippen molar-refractivity contribution >= 4 is 11.8 Å². The first kappa shape index (κ1) is 19.4. The van der Waals surface area contributed by atoms with Gasteiger partial charge in [-0.05, 0) is 55.5 Å². The van der Waals surface area contributed by atoms with Crippen LogP contribution in [0.5, 0.6) is 5.75 Å². The van der Waals surface area contributed by atoms with Crippen LogP contribution in [0.25, 0.3) is 0 Å². The summed E-state index contributed by atoms with van der Waals surface area (Å²) >= 11 is 0. The van der Waals surface area contributed by atoms with Crippen molar-refractivity contribution in [1.82, 2.24) is 9.80 Å². The summed E-state index contributed by atoms with van der Waals surface area (Å²) in [4.78, 5) is 28.9. The van der Waals surface area contributed by atoms with E-state index in [4.69, 9.17) is 4.74 Å². The van der Waals surface area contributed by atoms with Gasteiger partial charge in [-0.25, -0.2) is 4.39 Å². The SMILES string of the molecule is O=C(COc1cccc2c1CCN(Cc1ccc(F)cc1)C2=O)N1CCCCC1. The van der Waals surface area contributed by atoms with Crippen LogP contribution in [0.3, 0.4) is 0 Å². The number of piperidine rings is 1. The number of ether oxygens (including phenoxy) is 1. The molecular weight excluding hydrogens is 371 g/mol. The molecule has 0 N–H and O–H groups in total. The molecule has 2 aromatic carbocycles. The number of fused-ring (bicyclic) bond motifs is 1. The number of likely N-dealkylation sites (tertiary alicyclic amines) is 1. The molecular formula is C23H25FN2O3. The molecule has 0 unspecified atom stereocenters. The summed E-state index contributed by atoms with van der Waals surface area (Å²) in [5, 5.41) is 0. The minimum Gasteiger partial charge on any atom is -0.483 e. The van der Waals surface area contributed by atoms with Gasteiger partial charge in [0.2, 0.25) is 0 Å². The van der Waals surface area contributed by atoms with Gasteiger partial charge in [-0.3, -0.25) is 9.59 Å². The number of hydrogen-bond donors (Lipinski definition) is 0. The fourth-order valence-corrected chi connectivity index (χ4v) is 4.01. The van der Waals surface area contributed by atoms with Crippen molar-refractivity contribution in [2.24, 2.45) is 0 Å². The third-order valence-corrected chi connectivity index (χ3v) is 5.63. The Hall–Kier alpha value is -2.89. The summed E-state index contributed by atoms with van der Waals surface area (Å²) in [6.07, 6.45) is 3.93. The Balaban J connectivity index is 1.43. The quantitative estimate of drug-likeness (QED) is 0.778. The van der Waals surface area contributed by atoms with Crippen LogP contribution in [0, 0.1) is 5.82 Å². The lowest BCUT2D eigenvalue weighted by Crippen LogP contribution is -2.39. The second-order valence-electron chi connectivity index (χ2n) is 7.62. The summed E-state index contributed by atoms with van der Waals surface area (Å²) in [6.45, 7) is 2.60. The fourth-order valence-electron chi connectivity index (χ4n) is 4.01. The van der Waals surface area contributed by atoms with Gasteiger partial charge < -0.3 is 14.5 Å². The molecule has 1 fully saturated rings. The zero-order chi connectivity index (χ0) is 20.2. The van der Waals surface area contributed by atoms with Crippen LogP contribution in [0.15, 0.2) is 42.5 Å². The highest BCUT2D eigenvalue weighted by molar-refractivity contribution is 5.97. The van der Waals surface area contributed by atoms with Crippen molar-refractivity contribution in [3.8, 4) is 5.75 Å². The van der Waals surface area contributed by atoms with Crippen molar-refractivity contribution in [3.63, 3.8) is 0 Å². The standard InChI is InChI=1S/C23H25FN2O3/c24-18-9-7-17(8-10-18)15-26-14-11-19-20(23(26)28)5-4-6-21(19)29-16-22(27)25-12-2-1-3-13-25/h4-10H,1-3,11-16H2. The smallest absolute Gasteiger partial charge is 0.260 e. The largest absolute Gasteiger partial charge is 0.483 e. The molecule has 0 aromatic heterocycles. The first-order valence-corrected chi connectivity index (χ1v) is 10.2. The van der Waals surface area contributed by atoms with E-state index in [0.29, 0.717) is 30.8 Å². The normalized spacial score (nSPS) is 16.5. The van der Waals surface area contributed by atoms with Gasteiger partial charge >= 0.3 is 0 Å². The Morgan fingerprint density at radius 1 is 1.00 bits per heavy atom. The molecule has 5 nitrogen and oxygen atoms in total. The molecule has 0 radical (unpaired) electrons. The highest BCUT2D eigenvalue weighted by Gasteiger charge is 2.27. The predicted octanol–water partition coefficient (Wildman–Crippen LogP) is 3.42. The monoisotopic (exact) mass is 396 g/mol. The number of nitrogens with zero attached hydrogens (tertiary/aromatic N) is 2. The Morgan fingerprint density at radius 2 is 1.76 bits per heavy atom. The average molecular weight is 396 g/mol. The number of amides is 2. The number of halogens is 1. The van der Waals surface area contributed by atoms with Crippen LogP contribution < -0.4 is 4.74 Å². The molecule has 29 heavy (non-hydrogen) atoms. The van der Waals surface area contributed by atoms with Gasteiger partial charge in [0.1, 0.15) is 11.6 Å². The van der Waals surface area contributed by atoms with E-state index < -0.39 is 0 Å². The minimum atomic E-state index is -0.287. The van der Waals surface area contributed by atoms with E-state index in [1.54, 1.807) is 29.2 Å². The van der Waals surface area contributed by atoms with Crippen molar-refractivity contribution in [2.45, 2.75) is 32.2 Å². The highest BCUT2D eigenvalue weighted by Crippen LogP contribution is 2.29. The Labute approximate surface area is 170 Å². The van der Waals surface area contributed by atoms with Crippen LogP contribution in [0.2, 0.25) is 0 Å². The molecule has 1 saturated heterocycles. The van der Waals surface area contributed by atoms with E-state index in [9.17, 15) is 14.0 Å². The van der Waals surface area contributed by atoms with E-state index in [1.807, 2.05) is 11.0 Å². The molecule has 2 aliphatic rings. The molecule has 0 atom stereocenters. The van der Waals surface area contributed by atoms with Gasteiger partial charge in [-0.1, -0.05) is 18.2 Å². The van der Waals surface area contributed by atoms with E-state index in [1.165, 1.54) is 18.6 Å². The van der Waals surface area contributed by atoms with Crippen molar-refractivity contribution in [3.05, 3.63) is 65.0 Å². The maximum atomic E-state index is 13.1. The predicted molar refractivity (Wildman–Crippen MR) is 107 cm³/mol. The Bertz CT molecular complexity index is 891. The topological polar surface area (TPSA) is 49.9 Å².